The molecule has 0 radical (unpaired) electrons. The zero-order valence-corrected chi connectivity index (χ0v) is 15.9. The predicted molar refractivity (Wildman–Crippen MR) is 115 cm³/mol. The molecule has 0 bridgehead atoms. The monoisotopic (exact) mass is 385 g/mol. The summed E-state index contributed by atoms with van der Waals surface area (Å²) in [7, 11) is 0. The van der Waals surface area contributed by atoms with Gasteiger partial charge >= 0.3 is 6.03 Å². The first kappa shape index (κ1) is 17.9. The quantitative estimate of drug-likeness (QED) is 0.456. The lowest BCUT2D eigenvalue weighted by Gasteiger charge is -2.08. The second-order valence-corrected chi connectivity index (χ2v) is 7.14. The zero-order valence-electron chi connectivity index (χ0n) is 15.1. The fraction of sp³-hybridized carbons (Fsp3) is 0.0435. The van der Waals surface area contributed by atoms with E-state index in [1.54, 1.807) is 11.3 Å². The molecule has 0 aliphatic carbocycles. The third-order valence-electron chi connectivity index (χ3n) is 4.24. The van der Waals surface area contributed by atoms with E-state index in [-0.39, 0.29) is 6.03 Å². The number of thiazole rings is 1. The van der Waals surface area contributed by atoms with Gasteiger partial charge in [0.2, 0.25) is 0 Å². The molecule has 1 heterocycles. The molecule has 5 heteroatoms. The Bertz CT molecular complexity index is 1060. The van der Waals surface area contributed by atoms with Crippen LogP contribution in [0.5, 0.6) is 0 Å². The minimum atomic E-state index is -0.232. The molecular formula is C23H19N3OS. The Balaban J connectivity index is 1.43. The molecule has 4 nitrogen and oxygen atoms in total. The summed E-state index contributed by atoms with van der Waals surface area (Å²) in [5, 5.41) is 8.77. The molecule has 0 fully saturated rings. The van der Waals surface area contributed by atoms with Crippen molar-refractivity contribution < 1.29 is 4.79 Å². The molecule has 3 aromatic carbocycles. The Labute approximate surface area is 167 Å². The molecule has 138 valence electrons. The molecular weight excluding hydrogens is 366 g/mol. The number of benzene rings is 3. The molecule has 0 unspecified atom stereocenters. The molecule has 0 atom stereocenters. The normalized spacial score (nSPS) is 10.4. The average molecular weight is 385 g/mol. The van der Waals surface area contributed by atoms with Gasteiger partial charge in [-0.3, -0.25) is 0 Å². The van der Waals surface area contributed by atoms with E-state index in [0.717, 1.165) is 33.1 Å². The Morgan fingerprint density at radius 1 is 0.857 bits per heavy atom. The molecule has 0 aliphatic heterocycles. The van der Waals surface area contributed by atoms with E-state index in [0.29, 0.717) is 6.54 Å². The van der Waals surface area contributed by atoms with Gasteiger partial charge in [0.25, 0.3) is 0 Å². The maximum atomic E-state index is 12.2. The number of carbonyl (C=O) groups is 1. The summed E-state index contributed by atoms with van der Waals surface area (Å²) in [5.41, 5.74) is 4.77. The van der Waals surface area contributed by atoms with Crippen molar-refractivity contribution in [2.75, 3.05) is 5.32 Å². The second kappa shape index (κ2) is 8.50. The summed E-state index contributed by atoms with van der Waals surface area (Å²) in [6.45, 7) is 0.485. The summed E-state index contributed by atoms with van der Waals surface area (Å²) < 4.78 is 0. The van der Waals surface area contributed by atoms with Crippen LogP contribution in [-0.4, -0.2) is 11.0 Å². The Kier molecular flexibility index (Phi) is 5.45. The van der Waals surface area contributed by atoms with E-state index in [1.807, 2.05) is 78.2 Å². The summed E-state index contributed by atoms with van der Waals surface area (Å²) >= 11 is 1.61. The number of nitrogens with one attached hydrogen (secondary N) is 2. The molecule has 4 aromatic rings. The number of nitrogens with zero attached hydrogens (tertiary/aromatic N) is 1. The topological polar surface area (TPSA) is 54.0 Å². The van der Waals surface area contributed by atoms with Crippen molar-refractivity contribution in [2.45, 2.75) is 6.54 Å². The lowest BCUT2D eigenvalue weighted by molar-refractivity contribution is 0.251. The Morgan fingerprint density at radius 3 is 2.36 bits per heavy atom. The van der Waals surface area contributed by atoms with E-state index in [1.165, 1.54) is 0 Å². The van der Waals surface area contributed by atoms with Crippen molar-refractivity contribution in [3.63, 3.8) is 0 Å². The molecule has 2 N–H and O–H groups in total. The first-order valence-corrected chi connectivity index (χ1v) is 9.86. The van der Waals surface area contributed by atoms with Crippen LogP contribution in [0.3, 0.4) is 0 Å². The Morgan fingerprint density at radius 2 is 1.57 bits per heavy atom. The van der Waals surface area contributed by atoms with E-state index >= 15 is 0 Å². The molecule has 0 saturated heterocycles. The van der Waals surface area contributed by atoms with Gasteiger partial charge in [-0.05, 0) is 17.7 Å². The molecule has 1 aromatic heterocycles. The zero-order chi connectivity index (χ0) is 19.2. The molecule has 4 rings (SSSR count). The standard InChI is InChI=1S/C23H19N3OS/c27-23(24-15-17-8-3-1-4-9-17)25-20-13-7-12-19(14-20)21-16-28-22(26-21)18-10-5-2-6-11-18/h1-14,16H,15H2,(H2,24,25,27). The van der Waals surface area contributed by atoms with Crippen molar-refractivity contribution in [3.05, 3.63) is 95.9 Å². The van der Waals surface area contributed by atoms with E-state index in [9.17, 15) is 4.79 Å². The molecule has 0 spiro atoms. The van der Waals surface area contributed by atoms with Gasteiger partial charge < -0.3 is 10.6 Å². The fourth-order valence-electron chi connectivity index (χ4n) is 2.83. The average Bonchev–Trinajstić information content (AvgIpc) is 3.24. The van der Waals surface area contributed by atoms with Gasteiger partial charge in [0.05, 0.1) is 5.69 Å². The Hall–Kier alpha value is -3.44. The summed E-state index contributed by atoms with van der Waals surface area (Å²) in [6, 6.07) is 27.4. The highest BCUT2D eigenvalue weighted by Crippen LogP contribution is 2.29. The third-order valence-corrected chi connectivity index (χ3v) is 5.13. The molecule has 0 aliphatic rings. The van der Waals surface area contributed by atoms with Crippen molar-refractivity contribution in [1.29, 1.82) is 0 Å². The third kappa shape index (κ3) is 4.45. The molecule has 28 heavy (non-hydrogen) atoms. The number of amides is 2. The van der Waals surface area contributed by atoms with Gasteiger partial charge in [-0.1, -0.05) is 72.8 Å². The lowest BCUT2D eigenvalue weighted by atomic mass is 10.1. The fourth-order valence-corrected chi connectivity index (χ4v) is 3.66. The van der Waals surface area contributed by atoms with Crippen LogP contribution >= 0.6 is 11.3 Å². The van der Waals surface area contributed by atoms with Gasteiger partial charge in [-0.25, -0.2) is 9.78 Å². The maximum absolute atomic E-state index is 12.2. The highest BCUT2D eigenvalue weighted by Gasteiger charge is 2.08. The summed E-state index contributed by atoms with van der Waals surface area (Å²) in [4.78, 5) is 16.9. The van der Waals surface area contributed by atoms with Crippen LogP contribution in [0.15, 0.2) is 90.3 Å². The number of hydrogen-bond acceptors (Lipinski definition) is 3. The van der Waals surface area contributed by atoms with E-state index in [2.05, 4.69) is 22.8 Å². The first-order valence-electron chi connectivity index (χ1n) is 8.98. The lowest BCUT2D eigenvalue weighted by Crippen LogP contribution is -2.28. The van der Waals surface area contributed by atoms with Crippen LogP contribution < -0.4 is 10.6 Å². The van der Waals surface area contributed by atoms with Gasteiger partial charge in [0.1, 0.15) is 5.01 Å². The van der Waals surface area contributed by atoms with Crippen molar-refractivity contribution >= 4 is 23.1 Å². The first-order chi connectivity index (χ1) is 13.8. The highest BCUT2D eigenvalue weighted by molar-refractivity contribution is 7.13. The second-order valence-electron chi connectivity index (χ2n) is 6.28. The van der Waals surface area contributed by atoms with Gasteiger partial charge in [0, 0.05) is 28.7 Å². The smallest absolute Gasteiger partial charge is 0.319 e. The largest absolute Gasteiger partial charge is 0.334 e. The number of hydrogen-bond donors (Lipinski definition) is 2. The molecule has 0 saturated carbocycles. The molecule has 2 amide bonds. The number of rotatable bonds is 5. The summed E-state index contributed by atoms with van der Waals surface area (Å²) in [6.07, 6.45) is 0. The van der Waals surface area contributed by atoms with Gasteiger partial charge in [-0.2, -0.15) is 0 Å². The van der Waals surface area contributed by atoms with Crippen LogP contribution in [0.4, 0.5) is 10.5 Å². The van der Waals surface area contributed by atoms with Crippen molar-refractivity contribution in [2.24, 2.45) is 0 Å². The SMILES string of the molecule is O=C(NCc1ccccc1)Nc1cccc(-c2csc(-c3ccccc3)n2)c1. The van der Waals surface area contributed by atoms with Crippen molar-refractivity contribution in [1.82, 2.24) is 10.3 Å². The van der Waals surface area contributed by atoms with Crippen LogP contribution in [0, 0.1) is 0 Å². The van der Waals surface area contributed by atoms with E-state index < -0.39 is 0 Å². The van der Waals surface area contributed by atoms with Crippen LogP contribution in [0.2, 0.25) is 0 Å². The number of carbonyl (C=O) groups excluding carboxylic acids is 1. The highest BCUT2D eigenvalue weighted by atomic mass is 32.1. The van der Waals surface area contributed by atoms with Crippen LogP contribution in [0.25, 0.3) is 21.8 Å². The number of anilines is 1. The number of urea groups is 1. The predicted octanol–water partition coefficient (Wildman–Crippen LogP) is 5.80. The van der Waals surface area contributed by atoms with Crippen molar-refractivity contribution in [3.8, 4) is 21.8 Å². The van der Waals surface area contributed by atoms with Crippen LogP contribution in [0.1, 0.15) is 5.56 Å². The van der Waals surface area contributed by atoms with Gasteiger partial charge in [0.15, 0.2) is 0 Å². The maximum Gasteiger partial charge on any atom is 0.319 e. The minimum absolute atomic E-state index is 0.232. The summed E-state index contributed by atoms with van der Waals surface area (Å²) in [5.74, 6) is 0. The van der Waals surface area contributed by atoms with Crippen LogP contribution in [-0.2, 0) is 6.54 Å². The van der Waals surface area contributed by atoms with Gasteiger partial charge in [-0.15, -0.1) is 11.3 Å². The van der Waals surface area contributed by atoms with E-state index in [4.69, 9.17) is 4.98 Å². The minimum Gasteiger partial charge on any atom is -0.334 e. The number of aromatic nitrogens is 1.